The molecular weight excluding hydrogens is 448 g/mol. The summed E-state index contributed by atoms with van der Waals surface area (Å²) in [5, 5.41) is 10.8. The summed E-state index contributed by atoms with van der Waals surface area (Å²) in [5.74, 6) is 1.69. The molecular formula is C27H30N2O4S. The molecule has 0 bridgehead atoms. The Morgan fingerprint density at radius 3 is 2.21 bits per heavy atom. The fraction of sp³-hybridized carbons (Fsp3) is 0.296. The average molecular weight is 479 g/mol. The molecule has 0 aliphatic rings. The third-order valence-electron chi connectivity index (χ3n) is 6.28. The van der Waals surface area contributed by atoms with Crippen LogP contribution in [0.3, 0.4) is 0 Å². The van der Waals surface area contributed by atoms with Crippen LogP contribution in [0.1, 0.15) is 35.6 Å². The van der Waals surface area contributed by atoms with Crippen molar-refractivity contribution in [1.82, 2.24) is 0 Å². The van der Waals surface area contributed by atoms with E-state index in [-0.39, 0.29) is 19.0 Å². The minimum absolute atomic E-state index is 0.0738. The lowest BCUT2D eigenvalue weighted by Gasteiger charge is -2.30. The fourth-order valence-electron chi connectivity index (χ4n) is 4.34. The summed E-state index contributed by atoms with van der Waals surface area (Å²) >= 11 is 0. The number of carboxylic acids is 1. The zero-order valence-corrected chi connectivity index (χ0v) is 21.0. The maximum Gasteiger partial charge on any atom is 0.305 e. The Labute approximate surface area is 201 Å². The Morgan fingerprint density at radius 1 is 1.06 bits per heavy atom. The normalized spacial score (nSPS) is 12.2. The standard InChI is InChI=1S/C27H30N2O4S/c1-7-14-29(19(4)16-26(30)31)25-13-12-24(22-10-8-9-11-23(22)25)28-34(32,33)27-20(5)17(2)15-18(3)21(27)6/h1,8-13,15,19,28H,14,16H2,2-6H3,(H,30,31). The number of anilines is 2. The van der Waals surface area contributed by atoms with Crippen LogP contribution in [0.2, 0.25) is 0 Å². The number of aliphatic carboxylic acids is 1. The van der Waals surface area contributed by atoms with E-state index in [1.54, 1.807) is 12.1 Å². The first-order valence-electron chi connectivity index (χ1n) is 11.0. The first kappa shape index (κ1) is 25.1. The molecule has 0 amide bonds. The number of terminal acetylenes is 1. The van der Waals surface area contributed by atoms with Crippen LogP contribution in [0, 0.1) is 40.0 Å². The largest absolute Gasteiger partial charge is 0.481 e. The molecule has 0 heterocycles. The van der Waals surface area contributed by atoms with Crippen molar-refractivity contribution < 1.29 is 18.3 Å². The average Bonchev–Trinajstić information content (AvgIpc) is 2.76. The van der Waals surface area contributed by atoms with Crippen LogP contribution in [-0.4, -0.2) is 32.1 Å². The minimum Gasteiger partial charge on any atom is -0.481 e. The van der Waals surface area contributed by atoms with Gasteiger partial charge in [-0.05, 0) is 69.0 Å². The van der Waals surface area contributed by atoms with Gasteiger partial charge in [-0.25, -0.2) is 8.42 Å². The fourth-order valence-corrected chi connectivity index (χ4v) is 6.04. The summed E-state index contributed by atoms with van der Waals surface area (Å²) in [4.78, 5) is 13.5. The molecule has 0 aliphatic heterocycles. The molecule has 2 N–H and O–H groups in total. The van der Waals surface area contributed by atoms with Gasteiger partial charge in [0, 0.05) is 22.5 Å². The number of rotatable bonds is 8. The molecule has 0 aliphatic carbocycles. The van der Waals surface area contributed by atoms with Crippen molar-refractivity contribution in [2.24, 2.45) is 0 Å². The molecule has 3 aromatic carbocycles. The number of benzene rings is 3. The molecule has 3 rings (SSSR count). The topological polar surface area (TPSA) is 86.7 Å². The lowest BCUT2D eigenvalue weighted by Crippen LogP contribution is -2.35. The Bertz CT molecular complexity index is 1380. The number of nitrogens with zero attached hydrogens (tertiary/aromatic N) is 1. The van der Waals surface area contributed by atoms with Gasteiger partial charge in [0.05, 0.1) is 23.5 Å². The molecule has 0 spiro atoms. The molecule has 34 heavy (non-hydrogen) atoms. The first-order valence-corrected chi connectivity index (χ1v) is 12.5. The van der Waals surface area contributed by atoms with Crippen LogP contribution >= 0.6 is 0 Å². The predicted molar refractivity (Wildman–Crippen MR) is 138 cm³/mol. The highest BCUT2D eigenvalue weighted by Gasteiger charge is 2.24. The van der Waals surface area contributed by atoms with Gasteiger partial charge in [-0.2, -0.15) is 0 Å². The molecule has 1 atom stereocenters. The summed E-state index contributed by atoms with van der Waals surface area (Å²) in [6.07, 6.45) is 5.51. The number of nitrogens with one attached hydrogen (secondary N) is 1. The van der Waals surface area contributed by atoms with Gasteiger partial charge in [0.2, 0.25) is 0 Å². The van der Waals surface area contributed by atoms with Crippen LogP contribution in [0.15, 0.2) is 47.4 Å². The van der Waals surface area contributed by atoms with E-state index in [1.807, 2.05) is 69.9 Å². The molecule has 0 radical (unpaired) electrons. The van der Waals surface area contributed by atoms with Crippen LogP contribution in [0.5, 0.6) is 0 Å². The summed E-state index contributed by atoms with van der Waals surface area (Å²) in [6, 6.07) is 12.6. The second-order valence-electron chi connectivity index (χ2n) is 8.65. The minimum atomic E-state index is -3.86. The number of aryl methyl sites for hydroxylation is 2. The molecule has 3 aromatic rings. The van der Waals surface area contributed by atoms with Gasteiger partial charge < -0.3 is 10.0 Å². The van der Waals surface area contributed by atoms with Crippen molar-refractivity contribution in [3.63, 3.8) is 0 Å². The van der Waals surface area contributed by atoms with Crippen LogP contribution in [0.4, 0.5) is 11.4 Å². The van der Waals surface area contributed by atoms with Crippen molar-refractivity contribution in [2.75, 3.05) is 16.2 Å². The van der Waals surface area contributed by atoms with E-state index in [9.17, 15) is 18.3 Å². The second kappa shape index (κ2) is 9.78. The Morgan fingerprint density at radius 2 is 1.65 bits per heavy atom. The number of hydrogen-bond acceptors (Lipinski definition) is 4. The van der Waals surface area contributed by atoms with E-state index in [4.69, 9.17) is 6.42 Å². The lowest BCUT2D eigenvalue weighted by molar-refractivity contribution is -0.137. The van der Waals surface area contributed by atoms with Gasteiger partial charge in [-0.1, -0.05) is 36.3 Å². The maximum atomic E-state index is 13.5. The van der Waals surface area contributed by atoms with E-state index < -0.39 is 16.0 Å². The van der Waals surface area contributed by atoms with Crippen molar-refractivity contribution in [1.29, 1.82) is 0 Å². The van der Waals surface area contributed by atoms with Gasteiger partial charge in [0.25, 0.3) is 10.0 Å². The summed E-state index contributed by atoms with van der Waals surface area (Å²) in [6.45, 7) is 9.48. The zero-order valence-electron chi connectivity index (χ0n) is 20.1. The number of hydrogen-bond donors (Lipinski definition) is 2. The summed E-state index contributed by atoms with van der Waals surface area (Å²) in [7, 11) is -3.86. The number of sulfonamides is 1. The molecule has 7 heteroatoms. The Hall–Kier alpha value is -3.50. The molecule has 0 saturated heterocycles. The first-order chi connectivity index (χ1) is 16.0. The van der Waals surface area contributed by atoms with Gasteiger partial charge in [0.15, 0.2) is 0 Å². The van der Waals surface area contributed by atoms with E-state index >= 15 is 0 Å². The van der Waals surface area contributed by atoms with Gasteiger partial charge in [-0.3, -0.25) is 9.52 Å². The summed E-state index contributed by atoms with van der Waals surface area (Å²) in [5.41, 5.74) is 4.48. The highest BCUT2D eigenvalue weighted by atomic mass is 32.2. The summed E-state index contributed by atoms with van der Waals surface area (Å²) < 4.78 is 29.9. The highest BCUT2D eigenvalue weighted by molar-refractivity contribution is 7.92. The van der Waals surface area contributed by atoms with Crippen molar-refractivity contribution in [3.8, 4) is 12.3 Å². The zero-order chi connectivity index (χ0) is 25.2. The third kappa shape index (κ3) is 4.87. The van der Waals surface area contributed by atoms with E-state index in [1.165, 1.54) is 0 Å². The predicted octanol–water partition coefficient (Wildman–Crippen LogP) is 5.18. The monoisotopic (exact) mass is 478 g/mol. The highest BCUT2D eigenvalue weighted by Crippen LogP contribution is 2.36. The van der Waals surface area contributed by atoms with Gasteiger partial charge in [0.1, 0.15) is 0 Å². The molecule has 6 nitrogen and oxygen atoms in total. The number of fused-ring (bicyclic) bond motifs is 1. The van der Waals surface area contributed by atoms with Crippen LogP contribution < -0.4 is 9.62 Å². The SMILES string of the molecule is C#CCN(c1ccc(NS(=O)(=O)c2c(C)c(C)cc(C)c2C)c2ccccc12)C(C)CC(=O)O. The molecule has 0 fully saturated rings. The van der Waals surface area contributed by atoms with E-state index in [0.717, 1.165) is 33.3 Å². The molecule has 0 aromatic heterocycles. The van der Waals surface area contributed by atoms with Crippen molar-refractivity contribution in [3.05, 3.63) is 64.7 Å². The third-order valence-corrected chi connectivity index (χ3v) is 7.92. The number of carboxylic acid groups (broad SMARTS) is 1. The Kier molecular flexibility index (Phi) is 7.23. The van der Waals surface area contributed by atoms with Crippen molar-refractivity contribution in [2.45, 2.75) is 52.0 Å². The van der Waals surface area contributed by atoms with Crippen LogP contribution in [0.25, 0.3) is 10.8 Å². The molecule has 178 valence electrons. The van der Waals surface area contributed by atoms with Crippen molar-refractivity contribution >= 4 is 38.1 Å². The Balaban J connectivity index is 2.14. The van der Waals surface area contributed by atoms with E-state index in [0.29, 0.717) is 16.0 Å². The molecule has 0 saturated carbocycles. The van der Waals surface area contributed by atoms with E-state index in [2.05, 4.69) is 10.6 Å². The lowest BCUT2D eigenvalue weighted by atomic mass is 10.0. The maximum absolute atomic E-state index is 13.5. The number of carbonyl (C=O) groups is 1. The van der Waals surface area contributed by atoms with Crippen LogP contribution in [-0.2, 0) is 14.8 Å². The van der Waals surface area contributed by atoms with Gasteiger partial charge >= 0.3 is 5.97 Å². The van der Waals surface area contributed by atoms with Gasteiger partial charge in [-0.15, -0.1) is 6.42 Å². The quantitative estimate of drug-likeness (QED) is 0.436. The smallest absolute Gasteiger partial charge is 0.305 e. The molecule has 1 unspecified atom stereocenters. The second-order valence-corrected chi connectivity index (χ2v) is 10.3.